The van der Waals surface area contributed by atoms with Gasteiger partial charge in [0.1, 0.15) is 0 Å². The zero-order valence-electron chi connectivity index (χ0n) is 20.0. The predicted molar refractivity (Wildman–Crippen MR) is 157 cm³/mol. The van der Waals surface area contributed by atoms with Crippen LogP contribution in [0.3, 0.4) is 0 Å². The van der Waals surface area contributed by atoms with Crippen LogP contribution in [0, 0.1) is 0 Å². The molecule has 0 saturated heterocycles. The normalized spacial score (nSPS) is 16.3. The zero-order valence-corrected chi connectivity index (χ0v) is 20.9. The molecule has 1 aromatic heterocycles. The number of rotatable bonds is 2. The van der Waals surface area contributed by atoms with E-state index in [1.165, 1.54) is 5.39 Å². The van der Waals surface area contributed by atoms with Gasteiger partial charge in [0.25, 0.3) is 0 Å². The molecule has 2 heterocycles. The van der Waals surface area contributed by atoms with Crippen LogP contribution in [0.2, 0.25) is 0 Å². The van der Waals surface area contributed by atoms with E-state index in [0.717, 1.165) is 59.9 Å². The molecule has 0 fully saturated rings. The molecule has 0 amide bonds. The molecule has 0 radical (unpaired) electrons. The smallest absolute Gasteiger partial charge is 0.172 e. The molecule has 174 valence electrons. The van der Waals surface area contributed by atoms with Crippen molar-refractivity contribution in [1.82, 2.24) is 4.57 Å². The third kappa shape index (κ3) is 2.74. The second kappa shape index (κ2) is 7.56. The number of para-hydroxylation sites is 2. The first-order chi connectivity index (χ1) is 18.2. The number of benzene rings is 6. The molecule has 7 aromatic rings. The number of nitrogens with zero attached hydrogens (tertiary/aromatic N) is 1. The lowest BCUT2D eigenvalue weighted by atomic mass is 10.00. The van der Waals surface area contributed by atoms with E-state index in [0.29, 0.717) is 0 Å². The van der Waals surface area contributed by atoms with Crippen molar-refractivity contribution in [2.24, 2.45) is 0 Å². The number of aromatic nitrogens is 1. The first-order valence-electron chi connectivity index (χ1n) is 12.6. The van der Waals surface area contributed by atoms with Gasteiger partial charge in [-0.2, -0.15) is 0 Å². The number of fused-ring (bicyclic) bond motifs is 8. The van der Waals surface area contributed by atoms with E-state index in [-0.39, 0.29) is 0 Å². The largest absolute Gasteiger partial charge is 0.309 e. The Kier molecular flexibility index (Phi) is 4.24. The van der Waals surface area contributed by atoms with Crippen LogP contribution in [0.25, 0.3) is 49.4 Å². The lowest BCUT2D eigenvalue weighted by Gasteiger charge is -2.17. The lowest BCUT2D eigenvalue weighted by molar-refractivity contribution is 0.593. The van der Waals surface area contributed by atoms with Crippen molar-refractivity contribution >= 4 is 55.6 Å². The van der Waals surface area contributed by atoms with Gasteiger partial charge < -0.3 is 9.13 Å². The minimum Gasteiger partial charge on any atom is -0.309 e. The minimum atomic E-state index is -3.10. The van der Waals surface area contributed by atoms with Gasteiger partial charge in [-0.25, -0.2) is 0 Å². The molecule has 8 rings (SSSR count). The van der Waals surface area contributed by atoms with Gasteiger partial charge in [-0.15, -0.1) is 0 Å². The molecule has 1 atom stereocenters. The van der Waals surface area contributed by atoms with Crippen LogP contribution in [-0.4, -0.2) is 4.57 Å². The van der Waals surface area contributed by atoms with E-state index >= 15 is 4.57 Å². The Hall–Kier alpha value is -4.39. The molecule has 0 saturated carbocycles. The topological polar surface area (TPSA) is 22.0 Å². The van der Waals surface area contributed by atoms with E-state index < -0.39 is 7.14 Å². The van der Waals surface area contributed by atoms with Gasteiger partial charge in [-0.1, -0.05) is 103 Å². The summed E-state index contributed by atoms with van der Waals surface area (Å²) in [5.74, 6) is 0. The molecular weight excluding hydrogens is 469 g/mol. The Labute approximate surface area is 214 Å². The van der Waals surface area contributed by atoms with Gasteiger partial charge in [-0.05, 0) is 52.2 Å². The van der Waals surface area contributed by atoms with Crippen molar-refractivity contribution in [2.75, 3.05) is 0 Å². The fourth-order valence-electron chi connectivity index (χ4n) is 6.17. The highest BCUT2D eigenvalue weighted by atomic mass is 31.2. The highest BCUT2D eigenvalue weighted by molar-refractivity contribution is 7.86. The van der Waals surface area contributed by atoms with Crippen molar-refractivity contribution in [2.45, 2.75) is 0 Å². The van der Waals surface area contributed by atoms with Crippen LogP contribution in [0.1, 0.15) is 0 Å². The summed E-state index contributed by atoms with van der Waals surface area (Å²) >= 11 is 0. The fourth-order valence-corrected chi connectivity index (χ4v) is 9.46. The number of hydrogen-bond donors (Lipinski definition) is 0. The van der Waals surface area contributed by atoms with Crippen molar-refractivity contribution in [1.29, 1.82) is 0 Å². The third-order valence-electron chi connectivity index (χ3n) is 7.77. The summed E-state index contributed by atoms with van der Waals surface area (Å²) in [6, 6.07) is 46.2. The van der Waals surface area contributed by atoms with E-state index in [1.807, 2.05) is 48.5 Å². The molecule has 6 aromatic carbocycles. The molecule has 1 aliphatic heterocycles. The van der Waals surface area contributed by atoms with E-state index in [9.17, 15) is 0 Å². The second-order valence-electron chi connectivity index (χ2n) is 9.70. The van der Waals surface area contributed by atoms with Gasteiger partial charge in [0.05, 0.1) is 11.0 Å². The maximum atomic E-state index is 15.5. The monoisotopic (exact) mass is 491 g/mol. The molecule has 0 aliphatic carbocycles. The molecule has 3 heteroatoms. The van der Waals surface area contributed by atoms with Gasteiger partial charge >= 0.3 is 0 Å². The second-order valence-corrected chi connectivity index (χ2v) is 12.4. The first-order valence-corrected chi connectivity index (χ1v) is 14.3. The van der Waals surface area contributed by atoms with Gasteiger partial charge in [0.2, 0.25) is 0 Å². The molecule has 0 spiro atoms. The third-order valence-corrected chi connectivity index (χ3v) is 11.0. The van der Waals surface area contributed by atoms with Crippen LogP contribution < -0.4 is 15.9 Å². The Morgan fingerprint density at radius 1 is 0.514 bits per heavy atom. The average Bonchev–Trinajstić information content (AvgIpc) is 3.43. The Morgan fingerprint density at radius 2 is 1.19 bits per heavy atom. The summed E-state index contributed by atoms with van der Waals surface area (Å²) in [5, 5.41) is 7.29. The predicted octanol–water partition coefficient (Wildman–Crippen LogP) is 7.56. The van der Waals surface area contributed by atoms with Crippen LogP contribution in [0.15, 0.2) is 133 Å². The fraction of sp³-hybridized carbons (Fsp3) is 0. The SMILES string of the molecule is O=P1(c2ccccc2)c2cc3c4ccccc4n(-c4ccccc4)c3cc2-c2ccc3ccccc3c21. The molecule has 0 bridgehead atoms. The van der Waals surface area contributed by atoms with Crippen LogP contribution >= 0.6 is 7.14 Å². The summed E-state index contributed by atoms with van der Waals surface area (Å²) in [7, 11) is -3.10. The Balaban J connectivity index is 1.57. The van der Waals surface area contributed by atoms with E-state index in [4.69, 9.17) is 0 Å². The summed E-state index contributed by atoms with van der Waals surface area (Å²) < 4.78 is 17.9. The van der Waals surface area contributed by atoms with Crippen LogP contribution in [-0.2, 0) is 4.57 Å². The van der Waals surface area contributed by atoms with Gasteiger partial charge in [0, 0.05) is 32.4 Å². The van der Waals surface area contributed by atoms with E-state index in [2.05, 4.69) is 89.5 Å². The van der Waals surface area contributed by atoms with Crippen molar-refractivity contribution in [3.05, 3.63) is 133 Å². The summed E-state index contributed by atoms with van der Waals surface area (Å²) in [5.41, 5.74) is 5.55. The molecule has 2 nitrogen and oxygen atoms in total. The quantitative estimate of drug-likeness (QED) is 0.229. The van der Waals surface area contributed by atoms with Gasteiger partial charge in [0.15, 0.2) is 7.14 Å². The standard InChI is InChI=1S/C34H22NOP/c36-37(25-14-5-2-6-15-25)33-22-29-27-17-9-10-18-31(27)35(24-12-3-1-4-13-24)32(29)21-30(33)28-20-19-23-11-7-8-16-26(23)34(28)37/h1-22H. The Bertz CT molecular complexity index is 2060. The maximum Gasteiger partial charge on any atom is 0.172 e. The average molecular weight is 492 g/mol. The molecule has 0 N–H and O–H groups in total. The van der Waals surface area contributed by atoms with Crippen molar-refractivity contribution in [3.63, 3.8) is 0 Å². The minimum absolute atomic E-state index is 0.887. The highest BCUT2D eigenvalue weighted by Gasteiger charge is 2.42. The van der Waals surface area contributed by atoms with Crippen molar-refractivity contribution < 1.29 is 4.57 Å². The molecule has 1 unspecified atom stereocenters. The summed E-state index contributed by atoms with van der Waals surface area (Å²) in [4.78, 5) is 0. The van der Waals surface area contributed by atoms with Crippen LogP contribution in [0.5, 0.6) is 0 Å². The maximum absolute atomic E-state index is 15.5. The van der Waals surface area contributed by atoms with E-state index in [1.54, 1.807) is 0 Å². The van der Waals surface area contributed by atoms with Gasteiger partial charge in [-0.3, -0.25) is 0 Å². The number of hydrogen-bond acceptors (Lipinski definition) is 1. The Morgan fingerprint density at radius 3 is 2.00 bits per heavy atom. The highest BCUT2D eigenvalue weighted by Crippen LogP contribution is 2.55. The van der Waals surface area contributed by atoms with Crippen LogP contribution in [0.4, 0.5) is 0 Å². The molecule has 37 heavy (non-hydrogen) atoms. The summed E-state index contributed by atoms with van der Waals surface area (Å²) in [6.07, 6.45) is 0. The summed E-state index contributed by atoms with van der Waals surface area (Å²) in [6.45, 7) is 0. The lowest BCUT2D eigenvalue weighted by Crippen LogP contribution is -2.21. The van der Waals surface area contributed by atoms with Crippen molar-refractivity contribution in [3.8, 4) is 16.8 Å². The first kappa shape index (κ1) is 20.8. The molecular formula is C34H22NOP. The zero-order chi connectivity index (χ0) is 24.6. The molecule has 1 aliphatic rings.